The first kappa shape index (κ1) is 17.4. The van der Waals surface area contributed by atoms with E-state index in [1.54, 1.807) is 6.92 Å². The normalized spacial score (nSPS) is 22.2. The molecule has 6 heteroatoms. The van der Waals surface area contributed by atoms with Gasteiger partial charge in [0, 0.05) is 6.54 Å². The molecule has 25 heavy (non-hydrogen) atoms. The zero-order chi connectivity index (χ0) is 18.0. The molecule has 1 aromatic carbocycles. The number of nitriles is 1. The van der Waals surface area contributed by atoms with Gasteiger partial charge in [-0.3, -0.25) is 14.5 Å². The van der Waals surface area contributed by atoms with Crippen LogP contribution in [0.2, 0.25) is 0 Å². The molecule has 1 fully saturated rings. The van der Waals surface area contributed by atoms with Crippen LogP contribution in [0.4, 0.5) is 0 Å². The third-order valence-electron chi connectivity index (χ3n) is 5.19. The van der Waals surface area contributed by atoms with E-state index in [-0.39, 0.29) is 24.3 Å². The summed E-state index contributed by atoms with van der Waals surface area (Å²) in [6, 6.07) is 9.66. The van der Waals surface area contributed by atoms with Gasteiger partial charge in [-0.15, -0.1) is 0 Å². The lowest BCUT2D eigenvalue weighted by atomic mass is 9.93. The summed E-state index contributed by atoms with van der Waals surface area (Å²) >= 11 is 0. The molecule has 2 atom stereocenters. The Morgan fingerprint density at radius 3 is 2.64 bits per heavy atom. The van der Waals surface area contributed by atoms with E-state index < -0.39 is 11.6 Å². The van der Waals surface area contributed by atoms with Crippen LogP contribution in [0.25, 0.3) is 0 Å². The van der Waals surface area contributed by atoms with Crippen LogP contribution in [0.1, 0.15) is 30.9 Å². The number of hydrogen-bond acceptors (Lipinski definition) is 5. The number of rotatable bonds is 5. The summed E-state index contributed by atoms with van der Waals surface area (Å²) in [5, 5.41) is 12.3. The van der Waals surface area contributed by atoms with Gasteiger partial charge in [-0.05, 0) is 43.2 Å². The maximum atomic E-state index is 12.5. The van der Waals surface area contributed by atoms with Crippen LogP contribution in [0.3, 0.4) is 0 Å². The molecule has 1 aromatic rings. The van der Waals surface area contributed by atoms with Crippen LogP contribution < -0.4 is 5.32 Å². The average Bonchev–Trinajstić information content (AvgIpc) is 3.45. The maximum absolute atomic E-state index is 12.5. The first-order valence-electron chi connectivity index (χ1n) is 8.57. The van der Waals surface area contributed by atoms with Crippen LogP contribution in [-0.4, -0.2) is 42.0 Å². The molecule has 0 spiro atoms. The molecule has 0 aromatic heterocycles. The number of amides is 1. The summed E-state index contributed by atoms with van der Waals surface area (Å²) in [5.74, 6) is -0.350. The second kappa shape index (κ2) is 6.85. The highest BCUT2D eigenvalue weighted by atomic mass is 16.5. The number of hydrogen-bond donors (Lipinski definition) is 1. The Bertz CT molecular complexity index is 723. The van der Waals surface area contributed by atoms with Gasteiger partial charge in [-0.2, -0.15) is 5.26 Å². The number of ether oxygens (including phenoxy) is 1. The Balaban J connectivity index is 1.73. The van der Waals surface area contributed by atoms with Gasteiger partial charge < -0.3 is 10.1 Å². The molecule has 1 N–H and O–H groups in total. The zero-order valence-electron chi connectivity index (χ0n) is 14.6. The Labute approximate surface area is 147 Å². The lowest BCUT2D eigenvalue weighted by Gasteiger charge is -2.35. The highest BCUT2D eigenvalue weighted by molar-refractivity contribution is 5.82. The zero-order valence-corrected chi connectivity index (χ0v) is 14.6. The molecular weight excluding hydrogens is 318 g/mol. The first-order valence-corrected chi connectivity index (χ1v) is 8.57. The molecular formula is C19H23N3O3. The Morgan fingerprint density at radius 1 is 1.36 bits per heavy atom. The Hall–Kier alpha value is -2.39. The quantitative estimate of drug-likeness (QED) is 0.819. The minimum Gasteiger partial charge on any atom is -0.468 e. The molecule has 1 heterocycles. The van der Waals surface area contributed by atoms with E-state index in [4.69, 9.17) is 4.74 Å². The topological polar surface area (TPSA) is 82.4 Å². The lowest BCUT2D eigenvalue weighted by molar-refractivity contribution is -0.148. The van der Waals surface area contributed by atoms with E-state index in [1.807, 2.05) is 29.2 Å². The van der Waals surface area contributed by atoms with Gasteiger partial charge in [0.1, 0.15) is 11.6 Å². The maximum Gasteiger partial charge on any atom is 0.323 e. The number of fused-ring (bicyclic) bond motifs is 1. The smallest absolute Gasteiger partial charge is 0.323 e. The number of carbonyl (C=O) groups is 2. The second-order valence-electron chi connectivity index (χ2n) is 7.05. The first-order chi connectivity index (χ1) is 12.0. The largest absolute Gasteiger partial charge is 0.468 e. The SMILES string of the molecule is COC(=O)[C@H]1Cc2ccccc2CN1CC(=O)N[C@](C)(C#N)C1CC1. The van der Waals surface area contributed by atoms with Crippen molar-refractivity contribution in [1.29, 1.82) is 5.26 Å². The van der Waals surface area contributed by atoms with Crippen molar-refractivity contribution in [3.8, 4) is 6.07 Å². The predicted molar refractivity (Wildman–Crippen MR) is 91.2 cm³/mol. The molecule has 1 aliphatic heterocycles. The van der Waals surface area contributed by atoms with Crippen molar-refractivity contribution in [3.63, 3.8) is 0 Å². The summed E-state index contributed by atoms with van der Waals surface area (Å²) in [5.41, 5.74) is 1.39. The van der Waals surface area contributed by atoms with Crippen LogP contribution in [0, 0.1) is 17.2 Å². The molecule has 2 aliphatic rings. The van der Waals surface area contributed by atoms with Crippen LogP contribution in [-0.2, 0) is 27.3 Å². The molecule has 1 amide bonds. The van der Waals surface area contributed by atoms with Gasteiger partial charge in [-0.1, -0.05) is 24.3 Å². The Morgan fingerprint density at radius 2 is 2.04 bits per heavy atom. The molecule has 6 nitrogen and oxygen atoms in total. The van der Waals surface area contributed by atoms with Crippen molar-refractivity contribution in [2.45, 2.75) is 44.3 Å². The minimum atomic E-state index is -0.828. The highest BCUT2D eigenvalue weighted by Gasteiger charge is 2.43. The number of nitrogens with one attached hydrogen (secondary N) is 1. The minimum absolute atomic E-state index is 0.0676. The van der Waals surface area contributed by atoms with E-state index in [1.165, 1.54) is 7.11 Å². The molecule has 132 valence electrons. The molecule has 1 aliphatic carbocycles. The van der Waals surface area contributed by atoms with Crippen molar-refractivity contribution in [2.24, 2.45) is 5.92 Å². The number of carbonyl (C=O) groups excluding carboxylic acids is 2. The number of benzene rings is 1. The predicted octanol–water partition coefficient (Wildman–Crippen LogP) is 1.39. The van der Waals surface area contributed by atoms with Crippen molar-refractivity contribution < 1.29 is 14.3 Å². The van der Waals surface area contributed by atoms with E-state index in [9.17, 15) is 14.9 Å². The fraction of sp³-hybridized carbons (Fsp3) is 0.526. The van der Waals surface area contributed by atoms with Crippen molar-refractivity contribution in [3.05, 3.63) is 35.4 Å². The van der Waals surface area contributed by atoms with E-state index in [2.05, 4.69) is 11.4 Å². The van der Waals surface area contributed by atoms with Crippen molar-refractivity contribution >= 4 is 11.9 Å². The average molecular weight is 341 g/mol. The summed E-state index contributed by atoms with van der Waals surface area (Å²) in [7, 11) is 1.36. The highest BCUT2D eigenvalue weighted by Crippen LogP contribution is 2.39. The molecule has 0 radical (unpaired) electrons. The fourth-order valence-electron chi connectivity index (χ4n) is 3.51. The lowest BCUT2D eigenvalue weighted by Crippen LogP contribution is -2.54. The fourth-order valence-corrected chi connectivity index (χ4v) is 3.51. The molecule has 3 rings (SSSR count). The third-order valence-corrected chi connectivity index (χ3v) is 5.19. The van der Waals surface area contributed by atoms with Crippen LogP contribution >= 0.6 is 0 Å². The van der Waals surface area contributed by atoms with Gasteiger partial charge in [0.05, 0.1) is 19.7 Å². The van der Waals surface area contributed by atoms with Crippen LogP contribution in [0.5, 0.6) is 0 Å². The summed E-state index contributed by atoms with van der Waals surface area (Å²) in [4.78, 5) is 26.5. The van der Waals surface area contributed by atoms with Crippen LogP contribution in [0.15, 0.2) is 24.3 Å². The standard InChI is InChI=1S/C19H23N3O3/c1-19(12-20,15-7-8-15)21-17(23)11-22-10-14-6-4-3-5-13(14)9-16(22)18(24)25-2/h3-6,15-16H,7-11H2,1-2H3,(H,21,23)/t16-,19-/m1/s1. The monoisotopic (exact) mass is 341 g/mol. The summed E-state index contributed by atoms with van der Waals surface area (Å²) in [6.07, 6.45) is 2.45. The van der Waals surface area contributed by atoms with Gasteiger partial charge in [0.15, 0.2) is 0 Å². The number of esters is 1. The van der Waals surface area contributed by atoms with Gasteiger partial charge in [0.2, 0.25) is 5.91 Å². The summed E-state index contributed by atoms with van der Waals surface area (Å²) < 4.78 is 4.92. The van der Waals surface area contributed by atoms with E-state index in [0.29, 0.717) is 13.0 Å². The molecule has 0 saturated heterocycles. The number of nitrogens with zero attached hydrogens (tertiary/aromatic N) is 2. The van der Waals surface area contributed by atoms with Gasteiger partial charge in [-0.25, -0.2) is 0 Å². The van der Waals surface area contributed by atoms with E-state index >= 15 is 0 Å². The van der Waals surface area contributed by atoms with Gasteiger partial charge in [0.25, 0.3) is 0 Å². The number of methoxy groups -OCH3 is 1. The van der Waals surface area contributed by atoms with E-state index in [0.717, 1.165) is 24.0 Å². The van der Waals surface area contributed by atoms with Crippen molar-refractivity contribution in [2.75, 3.05) is 13.7 Å². The van der Waals surface area contributed by atoms with Crippen molar-refractivity contribution in [1.82, 2.24) is 10.2 Å². The van der Waals surface area contributed by atoms with Gasteiger partial charge >= 0.3 is 5.97 Å². The molecule has 0 bridgehead atoms. The molecule has 1 saturated carbocycles. The Kier molecular flexibility index (Phi) is 4.78. The molecule has 0 unspecified atom stereocenters. The summed E-state index contributed by atoms with van der Waals surface area (Å²) in [6.45, 7) is 2.35. The third kappa shape index (κ3) is 3.67. The second-order valence-corrected chi connectivity index (χ2v) is 7.05.